The van der Waals surface area contributed by atoms with Gasteiger partial charge in [-0.2, -0.15) is 0 Å². The van der Waals surface area contributed by atoms with Gasteiger partial charge >= 0.3 is 0 Å². The predicted molar refractivity (Wildman–Crippen MR) is 54.2 cm³/mol. The van der Waals surface area contributed by atoms with Crippen LogP contribution in [0, 0.1) is 5.92 Å². The molecule has 0 radical (unpaired) electrons. The van der Waals surface area contributed by atoms with E-state index in [1.165, 1.54) is 32.1 Å². The lowest BCUT2D eigenvalue weighted by molar-refractivity contribution is -0.111. The van der Waals surface area contributed by atoms with E-state index in [9.17, 15) is 4.79 Å². The average molecular weight is 195 g/mol. The minimum atomic E-state index is 0.0586. The van der Waals surface area contributed by atoms with Gasteiger partial charge in [-0.1, -0.05) is 24.4 Å². The summed E-state index contributed by atoms with van der Waals surface area (Å²) >= 11 is 0. The maximum absolute atomic E-state index is 11.1. The lowest BCUT2D eigenvalue weighted by atomic mass is 9.83. The minimum Gasteiger partial charge on any atom is -0.391 e. The number of rotatable bonds is 2. The molecule has 0 amide bonds. The summed E-state index contributed by atoms with van der Waals surface area (Å²) in [5.74, 6) is 0.688. The van der Waals surface area contributed by atoms with E-state index in [0.717, 1.165) is 6.42 Å². The highest BCUT2D eigenvalue weighted by atomic mass is 16.6. The first kappa shape index (κ1) is 9.69. The molecule has 1 aliphatic heterocycles. The Labute approximate surface area is 84.5 Å². The maximum Gasteiger partial charge on any atom is 0.177 e. The Morgan fingerprint density at radius 3 is 2.64 bits per heavy atom. The maximum atomic E-state index is 11.1. The molecule has 0 saturated heterocycles. The molecule has 1 atom stereocenters. The van der Waals surface area contributed by atoms with Gasteiger partial charge in [0.05, 0.1) is 0 Å². The minimum absolute atomic E-state index is 0.0586. The van der Waals surface area contributed by atoms with Crippen molar-refractivity contribution in [1.82, 2.24) is 0 Å². The van der Waals surface area contributed by atoms with Crippen molar-refractivity contribution in [3.05, 3.63) is 0 Å². The van der Waals surface area contributed by atoms with Crippen molar-refractivity contribution >= 4 is 11.5 Å². The summed E-state index contributed by atoms with van der Waals surface area (Å²) in [4.78, 5) is 16.4. The van der Waals surface area contributed by atoms with E-state index < -0.39 is 0 Å². The van der Waals surface area contributed by atoms with Crippen molar-refractivity contribution in [1.29, 1.82) is 0 Å². The molecule has 1 aliphatic carbocycles. The van der Waals surface area contributed by atoms with Gasteiger partial charge in [-0.25, -0.2) is 0 Å². The Hall–Kier alpha value is -0.860. The van der Waals surface area contributed by atoms with Crippen LogP contribution in [0.1, 0.15) is 45.4 Å². The molecule has 0 N–H and O–H groups in total. The molecule has 78 valence electrons. The van der Waals surface area contributed by atoms with Crippen LogP contribution in [-0.4, -0.2) is 17.6 Å². The molecular formula is C11H17NO2. The first-order valence-electron chi connectivity index (χ1n) is 5.51. The van der Waals surface area contributed by atoms with Crippen molar-refractivity contribution in [3.8, 4) is 0 Å². The monoisotopic (exact) mass is 195 g/mol. The molecule has 0 aromatic heterocycles. The number of carbonyl (C=O) groups excluding carboxylic acids is 1. The van der Waals surface area contributed by atoms with Gasteiger partial charge in [0.25, 0.3) is 0 Å². The number of hydrogen-bond acceptors (Lipinski definition) is 3. The lowest BCUT2D eigenvalue weighted by Crippen LogP contribution is -2.24. The fourth-order valence-corrected chi connectivity index (χ4v) is 2.36. The molecule has 0 spiro atoms. The lowest BCUT2D eigenvalue weighted by Gasteiger charge is -2.25. The Morgan fingerprint density at radius 1 is 1.36 bits per heavy atom. The van der Waals surface area contributed by atoms with Gasteiger partial charge < -0.3 is 4.84 Å². The van der Waals surface area contributed by atoms with Crippen LogP contribution in [0.5, 0.6) is 0 Å². The Kier molecular flexibility index (Phi) is 2.85. The second-order valence-corrected chi connectivity index (χ2v) is 4.34. The molecule has 0 aromatic rings. The van der Waals surface area contributed by atoms with E-state index in [0.29, 0.717) is 11.6 Å². The fourth-order valence-electron chi connectivity index (χ4n) is 2.36. The normalized spacial score (nSPS) is 28.4. The average Bonchev–Trinajstić information content (AvgIpc) is 2.68. The van der Waals surface area contributed by atoms with E-state index in [1.54, 1.807) is 6.92 Å². The molecule has 3 heteroatoms. The van der Waals surface area contributed by atoms with Crippen molar-refractivity contribution in [3.63, 3.8) is 0 Å². The molecule has 1 heterocycles. The first-order chi connectivity index (χ1) is 6.77. The summed E-state index contributed by atoms with van der Waals surface area (Å²) in [6, 6.07) is 0. The van der Waals surface area contributed by atoms with Gasteiger partial charge in [0.2, 0.25) is 0 Å². The molecule has 2 rings (SSSR count). The number of carbonyl (C=O) groups is 1. The number of nitrogens with zero attached hydrogens (tertiary/aromatic N) is 1. The SMILES string of the molecule is CC(=O)C1=NO[C@H](C2CCCCC2)C1. The third-order valence-corrected chi connectivity index (χ3v) is 3.27. The summed E-state index contributed by atoms with van der Waals surface area (Å²) in [5.41, 5.74) is 0.626. The summed E-state index contributed by atoms with van der Waals surface area (Å²) in [7, 11) is 0. The smallest absolute Gasteiger partial charge is 0.177 e. The van der Waals surface area contributed by atoms with Gasteiger partial charge in [0, 0.05) is 13.3 Å². The third kappa shape index (κ3) is 1.97. The summed E-state index contributed by atoms with van der Waals surface area (Å²) < 4.78 is 0. The molecule has 1 fully saturated rings. The zero-order valence-electron chi connectivity index (χ0n) is 8.66. The highest BCUT2D eigenvalue weighted by Gasteiger charge is 2.31. The van der Waals surface area contributed by atoms with Crippen molar-refractivity contribution < 1.29 is 9.63 Å². The molecule has 1 saturated carbocycles. The number of hydrogen-bond donors (Lipinski definition) is 0. The first-order valence-corrected chi connectivity index (χ1v) is 5.51. The third-order valence-electron chi connectivity index (χ3n) is 3.27. The van der Waals surface area contributed by atoms with Crippen LogP contribution in [0.4, 0.5) is 0 Å². The van der Waals surface area contributed by atoms with Crippen LogP contribution in [0.25, 0.3) is 0 Å². The van der Waals surface area contributed by atoms with Crippen molar-refractivity contribution in [2.24, 2.45) is 11.1 Å². The summed E-state index contributed by atoms with van der Waals surface area (Å²) in [5, 5.41) is 3.86. The van der Waals surface area contributed by atoms with Gasteiger partial charge in [-0.3, -0.25) is 4.79 Å². The highest BCUT2D eigenvalue weighted by molar-refractivity contribution is 6.39. The van der Waals surface area contributed by atoms with Crippen LogP contribution in [-0.2, 0) is 9.63 Å². The largest absolute Gasteiger partial charge is 0.391 e. The van der Waals surface area contributed by atoms with Crippen LogP contribution in [0.3, 0.4) is 0 Å². The van der Waals surface area contributed by atoms with Crippen LogP contribution in [0.15, 0.2) is 5.16 Å². The second-order valence-electron chi connectivity index (χ2n) is 4.34. The van der Waals surface area contributed by atoms with E-state index in [2.05, 4.69) is 5.16 Å². The zero-order valence-corrected chi connectivity index (χ0v) is 8.66. The highest BCUT2D eigenvalue weighted by Crippen LogP contribution is 2.31. The van der Waals surface area contributed by atoms with Gasteiger partial charge in [0.1, 0.15) is 11.8 Å². The fraction of sp³-hybridized carbons (Fsp3) is 0.818. The van der Waals surface area contributed by atoms with Gasteiger partial charge in [0.15, 0.2) is 5.78 Å². The molecule has 2 aliphatic rings. The van der Waals surface area contributed by atoms with Crippen LogP contribution < -0.4 is 0 Å². The van der Waals surface area contributed by atoms with Crippen molar-refractivity contribution in [2.45, 2.75) is 51.6 Å². The number of oxime groups is 1. The van der Waals surface area contributed by atoms with Gasteiger partial charge in [-0.05, 0) is 18.8 Å². The van der Waals surface area contributed by atoms with E-state index in [-0.39, 0.29) is 11.9 Å². The van der Waals surface area contributed by atoms with Crippen LogP contribution >= 0.6 is 0 Å². The molecule has 0 aromatic carbocycles. The molecule has 0 bridgehead atoms. The summed E-state index contributed by atoms with van der Waals surface area (Å²) in [6.45, 7) is 1.56. The van der Waals surface area contributed by atoms with E-state index in [4.69, 9.17) is 4.84 Å². The van der Waals surface area contributed by atoms with Crippen LogP contribution in [0.2, 0.25) is 0 Å². The van der Waals surface area contributed by atoms with E-state index in [1.807, 2.05) is 0 Å². The zero-order chi connectivity index (χ0) is 9.97. The van der Waals surface area contributed by atoms with Gasteiger partial charge in [-0.15, -0.1) is 0 Å². The predicted octanol–water partition coefficient (Wildman–Crippen LogP) is 2.30. The Morgan fingerprint density at radius 2 is 2.07 bits per heavy atom. The quantitative estimate of drug-likeness (QED) is 0.678. The van der Waals surface area contributed by atoms with E-state index >= 15 is 0 Å². The molecule has 0 unspecified atom stereocenters. The Bertz CT molecular complexity index is 254. The molecular weight excluding hydrogens is 178 g/mol. The number of ketones is 1. The molecule has 14 heavy (non-hydrogen) atoms. The topological polar surface area (TPSA) is 38.7 Å². The summed E-state index contributed by atoms with van der Waals surface area (Å²) in [6.07, 6.45) is 7.37. The second kappa shape index (κ2) is 4.11. The standard InChI is InChI=1S/C11H17NO2/c1-8(13)10-7-11(14-12-10)9-5-3-2-4-6-9/h9,11H,2-7H2,1H3/t11-/m0/s1. The van der Waals surface area contributed by atoms with Crippen molar-refractivity contribution in [2.75, 3.05) is 0 Å². The molecule has 3 nitrogen and oxygen atoms in total. The Balaban J connectivity index is 1.87. The number of Topliss-reactive ketones (excluding diaryl/α,β-unsaturated/α-hetero) is 1.